The Morgan fingerprint density at radius 2 is 1.64 bits per heavy atom. The van der Waals surface area contributed by atoms with Crippen molar-refractivity contribution >= 4 is 11.4 Å². The van der Waals surface area contributed by atoms with Gasteiger partial charge in [-0.05, 0) is 42.8 Å². The molecule has 2 aliphatic rings. The van der Waals surface area contributed by atoms with Crippen LogP contribution in [-0.4, -0.2) is 11.7 Å². The predicted octanol–water partition coefficient (Wildman–Crippen LogP) is 5.66. The monoisotopic (exact) mass is 367 g/mol. The molecule has 5 rings (SSSR count). The maximum absolute atomic E-state index is 10.1. The molecule has 0 aromatic heterocycles. The first kappa shape index (κ1) is 16.7. The van der Waals surface area contributed by atoms with Crippen LogP contribution in [0.3, 0.4) is 0 Å². The smallest absolute Gasteiger partial charge is 0.192 e. The lowest BCUT2D eigenvalue weighted by Gasteiger charge is -2.51. The second-order valence-corrected chi connectivity index (χ2v) is 7.24. The third-order valence-corrected chi connectivity index (χ3v) is 5.52. The van der Waals surface area contributed by atoms with Crippen molar-refractivity contribution in [2.45, 2.75) is 12.5 Å². The van der Waals surface area contributed by atoms with E-state index in [1.807, 2.05) is 55.5 Å². The molecule has 0 saturated carbocycles. The molecular formula is C25H21NO2. The molecule has 3 aromatic carbocycles. The molecule has 0 saturated heterocycles. The second-order valence-electron chi connectivity index (χ2n) is 7.24. The minimum absolute atomic E-state index is 0.250. The Morgan fingerprint density at radius 1 is 1.00 bits per heavy atom. The summed E-state index contributed by atoms with van der Waals surface area (Å²) in [5.41, 5.74) is 5.71. The SMILES string of the molecule is C=C(/C=C\C)CN1c2ccccc2C2(Oc3ccc(O)cc32)c2ccccc21. The number of hydrogen-bond donors (Lipinski definition) is 1. The number of para-hydroxylation sites is 2. The Labute approximate surface area is 164 Å². The largest absolute Gasteiger partial charge is 0.508 e. The minimum Gasteiger partial charge on any atom is -0.508 e. The first-order valence-corrected chi connectivity index (χ1v) is 9.44. The van der Waals surface area contributed by atoms with E-state index in [1.54, 1.807) is 6.07 Å². The molecule has 28 heavy (non-hydrogen) atoms. The van der Waals surface area contributed by atoms with Crippen LogP contribution in [0.4, 0.5) is 11.4 Å². The third kappa shape index (κ3) is 2.16. The van der Waals surface area contributed by atoms with Crippen LogP contribution in [0, 0.1) is 0 Å². The van der Waals surface area contributed by atoms with Crippen molar-refractivity contribution in [2.24, 2.45) is 0 Å². The van der Waals surface area contributed by atoms with Gasteiger partial charge in [-0.15, -0.1) is 0 Å². The molecule has 1 spiro atoms. The van der Waals surface area contributed by atoms with Crippen LogP contribution in [-0.2, 0) is 5.60 Å². The van der Waals surface area contributed by atoms with E-state index in [9.17, 15) is 5.11 Å². The van der Waals surface area contributed by atoms with E-state index < -0.39 is 5.60 Å². The molecule has 2 heterocycles. The van der Waals surface area contributed by atoms with Gasteiger partial charge in [0.1, 0.15) is 11.5 Å². The van der Waals surface area contributed by atoms with Crippen molar-refractivity contribution in [3.63, 3.8) is 0 Å². The molecule has 3 nitrogen and oxygen atoms in total. The highest BCUT2D eigenvalue weighted by atomic mass is 16.5. The van der Waals surface area contributed by atoms with Crippen LogP contribution >= 0.6 is 0 Å². The van der Waals surface area contributed by atoms with Gasteiger partial charge in [0, 0.05) is 29.0 Å². The molecule has 3 heteroatoms. The van der Waals surface area contributed by atoms with Gasteiger partial charge >= 0.3 is 0 Å². The number of nitrogens with zero attached hydrogens (tertiary/aromatic N) is 1. The molecule has 0 fully saturated rings. The van der Waals surface area contributed by atoms with Gasteiger partial charge in [-0.2, -0.15) is 0 Å². The molecule has 0 amide bonds. The highest BCUT2D eigenvalue weighted by Crippen LogP contribution is 2.60. The minimum atomic E-state index is -0.695. The zero-order valence-electron chi connectivity index (χ0n) is 15.7. The van der Waals surface area contributed by atoms with Crippen molar-refractivity contribution < 1.29 is 9.84 Å². The number of anilines is 2. The predicted molar refractivity (Wildman–Crippen MR) is 112 cm³/mol. The second kappa shape index (κ2) is 6.03. The van der Waals surface area contributed by atoms with Gasteiger partial charge in [0.2, 0.25) is 0 Å². The Bertz CT molecular complexity index is 1080. The number of aromatic hydroxyl groups is 1. The summed E-state index contributed by atoms with van der Waals surface area (Å²) >= 11 is 0. The number of phenolic OH excluding ortho intramolecular Hbond substituents is 1. The summed E-state index contributed by atoms with van der Waals surface area (Å²) in [6.45, 7) is 6.91. The summed E-state index contributed by atoms with van der Waals surface area (Å²) in [7, 11) is 0. The Hall–Kier alpha value is -3.46. The van der Waals surface area contributed by atoms with Gasteiger partial charge in [-0.1, -0.05) is 55.1 Å². The summed E-state index contributed by atoms with van der Waals surface area (Å²) in [5, 5.41) is 10.1. The van der Waals surface area contributed by atoms with Crippen LogP contribution in [0.1, 0.15) is 23.6 Å². The van der Waals surface area contributed by atoms with Crippen molar-refractivity contribution in [2.75, 3.05) is 11.4 Å². The maximum atomic E-state index is 10.1. The Morgan fingerprint density at radius 3 is 2.29 bits per heavy atom. The summed E-state index contributed by atoms with van der Waals surface area (Å²) in [6.07, 6.45) is 4.06. The van der Waals surface area contributed by atoms with Gasteiger partial charge in [-0.25, -0.2) is 0 Å². The summed E-state index contributed by atoms with van der Waals surface area (Å²) in [4.78, 5) is 2.29. The maximum Gasteiger partial charge on any atom is 0.192 e. The number of ether oxygens (including phenoxy) is 1. The molecule has 0 bridgehead atoms. The van der Waals surface area contributed by atoms with Crippen LogP contribution in [0.2, 0.25) is 0 Å². The van der Waals surface area contributed by atoms with E-state index in [0.717, 1.165) is 39.4 Å². The number of phenols is 1. The molecule has 0 unspecified atom stereocenters. The molecule has 3 aromatic rings. The normalized spacial score (nSPS) is 15.4. The lowest BCUT2D eigenvalue weighted by atomic mass is 9.72. The average molecular weight is 367 g/mol. The quantitative estimate of drug-likeness (QED) is 0.606. The number of hydrogen-bond acceptors (Lipinski definition) is 3. The summed E-state index contributed by atoms with van der Waals surface area (Å²) in [5.74, 6) is 1.06. The number of fused-ring (bicyclic) bond motifs is 6. The first-order chi connectivity index (χ1) is 13.6. The first-order valence-electron chi connectivity index (χ1n) is 9.44. The van der Waals surface area contributed by atoms with E-state index in [2.05, 4.69) is 35.7 Å². The number of rotatable bonds is 3. The highest BCUT2D eigenvalue weighted by molar-refractivity contribution is 5.82. The average Bonchev–Trinajstić information content (AvgIpc) is 2.70. The summed E-state index contributed by atoms with van der Waals surface area (Å²) < 4.78 is 6.45. The summed E-state index contributed by atoms with van der Waals surface area (Å²) in [6, 6.07) is 22.0. The fourth-order valence-electron chi connectivity index (χ4n) is 4.41. The van der Waals surface area contributed by atoms with Gasteiger partial charge in [-0.3, -0.25) is 0 Å². The van der Waals surface area contributed by atoms with E-state index >= 15 is 0 Å². The molecule has 0 radical (unpaired) electrons. The Kier molecular flexibility index (Phi) is 3.59. The number of benzene rings is 3. The zero-order valence-corrected chi connectivity index (χ0v) is 15.7. The van der Waals surface area contributed by atoms with E-state index in [4.69, 9.17) is 4.74 Å². The zero-order chi connectivity index (χ0) is 19.3. The lowest BCUT2D eigenvalue weighted by Crippen LogP contribution is -2.48. The fourth-order valence-corrected chi connectivity index (χ4v) is 4.41. The van der Waals surface area contributed by atoms with Crippen LogP contribution in [0.5, 0.6) is 11.5 Å². The van der Waals surface area contributed by atoms with Crippen molar-refractivity contribution in [3.05, 3.63) is 108 Å². The van der Waals surface area contributed by atoms with Crippen molar-refractivity contribution in [1.29, 1.82) is 0 Å². The third-order valence-electron chi connectivity index (χ3n) is 5.52. The van der Waals surface area contributed by atoms with Crippen molar-refractivity contribution in [1.82, 2.24) is 0 Å². The molecular weight excluding hydrogens is 346 g/mol. The van der Waals surface area contributed by atoms with E-state index in [1.165, 1.54) is 0 Å². The van der Waals surface area contributed by atoms with Crippen molar-refractivity contribution in [3.8, 4) is 11.5 Å². The Balaban J connectivity index is 1.76. The molecule has 0 aliphatic carbocycles. The van der Waals surface area contributed by atoms with Crippen LogP contribution < -0.4 is 9.64 Å². The molecule has 0 atom stereocenters. The van der Waals surface area contributed by atoms with Crippen LogP contribution in [0.25, 0.3) is 0 Å². The molecule has 2 aliphatic heterocycles. The number of allylic oxidation sites excluding steroid dienone is 1. The topological polar surface area (TPSA) is 32.7 Å². The van der Waals surface area contributed by atoms with Gasteiger partial charge in [0.05, 0.1) is 5.56 Å². The highest BCUT2D eigenvalue weighted by Gasteiger charge is 2.54. The molecule has 1 N–H and O–H groups in total. The van der Waals surface area contributed by atoms with Gasteiger partial charge < -0.3 is 14.7 Å². The van der Waals surface area contributed by atoms with Gasteiger partial charge in [0.25, 0.3) is 0 Å². The van der Waals surface area contributed by atoms with E-state index in [-0.39, 0.29) is 5.75 Å². The fraction of sp³-hybridized carbons (Fsp3) is 0.120. The van der Waals surface area contributed by atoms with E-state index in [0.29, 0.717) is 6.54 Å². The van der Waals surface area contributed by atoms with Crippen LogP contribution in [0.15, 0.2) is 91.0 Å². The van der Waals surface area contributed by atoms with Gasteiger partial charge in [0.15, 0.2) is 5.60 Å². The standard InChI is InChI=1S/C25H21NO2/c1-3-8-17(2)16-26-22-11-6-4-9-19(22)25(20-10-5-7-12-23(20)26)21-15-18(27)13-14-24(21)28-25/h3-15,27H,2,16H2,1H3/b8-3-. The molecule has 138 valence electrons. The lowest BCUT2D eigenvalue weighted by molar-refractivity contribution is 0.0948.